The van der Waals surface area contributed by atoms with Gasteiger partial charge in [0.1, 0.15) is 17.4 Å². The van der Waals surface area contributed by atoms with Crippen LogP contribution in [0, 0.1) is 18.3 Å². The Kier molecular flexibility index (Phi) is 5.20. The van der Waals surface area contributed by atoms with Crippen LogP contribution < -0.4 is 9.64 Å². The second kappa shape index (κ2) is 7.30. The molecule has 1 amide bonds. The van der Waals surface area contributed by atoms with Gasteiger partial charge in [-0.3, -0.25) is 9.59 Å². The fraction of sp³-hybridized carbons (Fsp3) is 0.391. The zero-order valence-electron chi connectivity index (χ0n) is 17.0. The Morgan fingerprint density at radius 1 is 1.18 bits per heavy atom. The van der Waals surface area contributed by atoms with E-state index in [0.29, 0.717) is 17.7 Å². The summed E-state index contributed by atoms with van der Waals surface area (Å²) in [7, 11) is 1.59. The summed E-state index contributed by atoms with van der Waals surface area (Å²) in [5.74, 6) is -0.774. The van der Waals surface area contributed by atoms with Gasteiger partial charge >= 0.3 is 0 Å². The highest BCUT2D eigenvalue weighted by Gasteiger charge is 2.49. The second-order valence-corrected chi connectivity index (χ2v) is 8.22. The number of rotatable bonds is 4. The van der Waals surface area contributed by atoms with Gasteiger partial charge in [-0.15, -0.1) is 0 Å². The van der Waals surface area contributed by atoms with E-state index in [1.165, 1.54) is 0 Å². The van der Waals surface area contributed by atoms with E-state index >= 15 is 0 Å². The minimum absolute atomic E-state index is 0.0500. The molecule has 0 bridgehead atoms. The number of aromatic hydroxyl groups is 1. The number of anilines is 1. The molecule has 3 rings (SSSR count). The number of benzene rings is 2. The molecule has 0 spiro atoms. The summed E-state index contributed by atoms with van der Waals surface area (Å²) < 4.78 is 5.20. The number of aryl methyl sites for hydroxylation is 1. The van der Waals surface area contributed by atoms with Crippen LogP contribution >= 0.6 is 0 Å². The zero-order valence-corrected chi connectivity index (χ0v) is 17.0. The first-order valence-corrected chi connectivity index (χ1v) is 9.47. The number of ketones is 1. The molecule has 148 valence electrons. The number of ether oxygens (including phenoxy) is 1. The van der Waals surface area contributed by atoms with Crippen molar-refractivity contribution in [1.29, 1.82) is 0 Å². The number of piperidine rings is 1. The number of phenolic OH excluding ortho intramolecular Hbond substituents is 1. The number of amides is 1. The number of carbonyl (C=O) groups excluding carboxylic acids is 2. The van der Waals surface area contributed by atoms with Gasteiger partial charge in [0.2, 0.25) is 5.91 Å². The number of Topliss-reactive ketones (excluding diaryl/α,β-unsaturated/α-hetero) is 1. The maximum absolute atomic E-state index is 13.5. The van der Waals surface area contributed by atoms with Crippen LogP contribution in [0.15, 0.2) is 42.5 Å². The predicted octanol–water partition coefficient (Wildman–Crippen LogP) is 4.36. The maximum Gasteiger partial charge on any atom is 0.238 e. The molecule has 5 nitrogen and oxygen atoms in total. The second-order valence-electron chi connectivity index (χ2n) is 8.22. The SMILES string of the molecule is COc1ccc(N2C(=O)C(C(=O)c3cccc(C)c3O)C(C)(C)CC2C)cc1. The summed E-state index contributed by atoms with van der Waals surface area (Å²) in [5.41, 5.74) is 1.04. The fourth-order valence-electron chi connectivity index (χ4n) is 4.27. The number of hydrogen-bond donors (Lipinski definition) is 1. The monoisotopic (exact) mass is 381 g/mol. The van der Waals surface area contributed by atoms with Crippen molar-refractivity contribution < 1.29 is 19.4 Å². The molecule has 0 radical (unpaired) electrons. The lowest BCUT2D eigenvalue weighted by molar-refractivity contribution is -0.127. The van der Waals surface area contributed by atoms with E-state index < -0.39 is 11.3 Å². The van der Waals surface area contributed by atoms with Gasteiger partial charge in [-0.1, -0.05) is 26.0 Å². The Morgan fingerprint density at radius 3 is 2.43 bits per heavy atom. The molecule has 0 aromatic heterocycles. The summed E-state index contributed by atoms with van der Waals surface area (Å²) in [6.07, 6.45) is 0.674. The molecule has 1 saturated heterocycles. The van der Waals surface area contributed by atoms with Gasteiger partial charge in [-0.25, -0.2) is 0 Å². The largest absolute Gasteiger partial charge is 0.507 e. The molecule has 1 N–H and O–H groups in total. The molecule has 1 fully saturated rings. The van der Waals surface area contributed by atoms with E-state index in [9.17, 15) is 14.7 Å². The number of carbonyl (C=O) groups is 2. The van der Waals surface area contributed by atoms with Gasteiger partial charge < -0.3 is 14.7 Å². The smallest absolute Gasteiger partial charge is 0.238 e. The van der Waals surface area contributed by atoms with Gasteiger partial charge in [0, 0.05) is 11.7 Å². The van der Waals surface area contributed by atoms with Crippen LogP contribution in [0.4, 0.5) is 5.69 Å². The zero-order chi connectivity index (χ0) is 20.6. The molecule has 5 heteroatoms. The topological polar surface area (TPSA) is 66.8 Å². The first-order valence-electron chi connectivity index (χ1n) is 9.47. The maximum atomic E-state index is 13.5. The summed E-state index contributed by atoms with van der Waals surface area (Å²) in [6, 6.07) is 12.3. The van der Waals surface area contributed by atoms with Crippen molar-refractivity contribution in [2.24, 2.45) is 11.3 Å². The van der Waals surface area contributed by atoms with Gasteiger partial charge in [-0.05, 0) is 61.6 Å². The number of para-hydroxylation sites is 1. The lowest BCUT2D eigenvalue weighted by Crippen LogP contribution is -2.56. The molecule has 1 heterocycles. The Bertz CT molecular complexity index is 901. The van der Waals surface area contributed by atoms with Crippen molar-refractivity contribution in [2.75, 3.05) is 12.0 Å². The fourth-order valence-corrected chi connectivity index (χ4v) is 4.27. The Balaban J connectivity index is 2.02. The van der Waals surface area contributed by atoms with Gasteiger partial charge in [-0.2, -0.15) is 0 Å². The Hall–Kier alpha value is -2.82. The quantitative estimate of drug-likeness (QED) is 0.631. The average molecular weight is 381 g/mol. The lowest BCUT2D eigenvalue weighted by Gasteiger charge is -2.46. The number of methoxy groups -OCH3 is 1. The van der Waals surface area contributed by atoms with E-state index in [2.05, 4.69) is 0 Å². The molecule has 1 aliphatic heterocycles. The van der Waals surface area contributed by atoms with Crippen LogP contribution in [0.5, 0.6) is 11.5 Å². The highest BCUT2D eigenvalue weighted by Crippen LogP contribution is 2.44. The van der Waals surface area contributed by atoms with Crippen molar-refractivity contribution >= 4 is 17.4 Å². The van der Waals surface area contributed by atoms with Crippen LogP contribution in [-0.2, 0) is 4.79 Å². The Morgan fingerprint density at radius 2 is 1.82 bits per heavy atom. The number of phenols is 1. The third-order valence-electron chi connectivity index (χ3n) is 5.64. The standard InChI is InChI=1S/C23H27NO4/c1-14-7-6-8-18(20(14)25)21(26)19-22(27)24(15(2)13-23(19,3)4)16-9-11-17(28-5)12-10-16/h6-12,15,19,25H,13H2,1-5H3. The molecule has 2 atom stereocenters. The minimum Gasteiger partial charge on any atom is -0.507 e. The summed E-state index contributed by atoms with van der Waals surface area (Å²) in [5, 5.41) is 10.4. The van der Waals surface area contributed by atoms with Crippen LogP contribution in [0.1, 0.15) is 43.1 Å². The number of hydrogen-bond acceptors (Lipinski definition) is 4. The minimum atomic E-state index is -0.862. The first kappa shape index (κ1) is 19.9. The van der Waals surface area contributed by atoms with Crippen molar-refractivity contribution in [1.82, 2.24) is 0 Å². The van der Waals surface area contributed by atoms with E-state index in [1.54, 1.807) is 49.3 Å². The van der Waals surface area contributed by atoms with Crippen LogP contribution in [0.3, 0.4) is 0 Å². The molecular weight excluding hydrogens is 354 g/mol. The summed E-state index contributed by atoms with van der Waals surface area (Å²) in [6.45, 7) is 7.63. The van der Waals surface area contributed by atoms with Gasteiger partial charge in [0.05, 0.1) is 12.7 Å². The third kappa shape index (κ3) is 3.37. The van der Waals surface area contributed by atoms with Crippen LogP contribution in [-0.4, -0.2) is 29.9 Å². The summed E-state index contributed by atoms with van der Waals surface area (Å²) in [4.78, 5) is 28.6. The van der Waals surface area contributed by atoms with Crippen molar-refractivity contribution in [3.8, 4) is 11.5 Å². The van der Waals surface area contributed by atoms with Gasteiger partial charge in [0.15, 0.2) is 5.78 Å². The molecule has 2 aromatic carbocycles. The first-order chi connectivity index (χ1) is 13.2. The highest BCUT2D eigenvalue weighted by molar-refractivity contribution is 6.16. The lowest BCUT2D eigenvalue weighted by atomic mass is 9.67. The van der Waals surface area contributed by atoms with E-state index in [-0.39, 0.29) is 29.0 Å². The van der Waals surface area contributed by atoms with Gasteiger partial charge in [0.25, 0.3) is 0 Å². The van der Waals surface area contributed by atoms with Crippen molar-refractivity contribution in [3.63, 3.8) is 0 Å². The van der Waals surface area contributed by atoms with Crippen LogP contribution in [0.2, 0.25) is 0 Å². The molecule has 1 aliphatic rings. The average Bonchev–Trinajstić information content (AvgIpc) is 2.63. The Labute approximate surface area is 165 Å². The van der Waals surface area contributed by atoms with E-state index in [4.69, 9.17) is 4.74 Å². The van der Waals surface area contributed by atoms with E-state index in [0.717, 1.165) is 5.69 Å². The van der Waals surface area contributed by atoms with Crippen molar-refractivity contribution in [2.45, 2.75) is 40.2 Å². The van der Waals surface area contributed by atoms with E-state index in [1.807, 2.05) is 32.9 Å². The number of nitrogens with zero attached hydrogens (tertiary/aromatic N) is 1. The highest BCUT2D eigenvalue weighted by atomic mass is 16.5. The predicted molar refractivity (Wildman–Crippen MR) is 109 cm³/mol. The summed E-state index contributed by atoms with van der Waals surface area (Å²) >= 11 is 0. The molecular formula is C23H27NO4. The molecule has 0 saturated carbocycles. The third-order valence-corrected chi connectivity index (χ3v) is 5.64. The van der Waals surface area contributed by atoms with Crippen LogP contribution in [0.25, 0.3) is 0 Å². The molecule has 2 aromatic rings. The molecule has 28 heavy (non-hydrogen) atoms. The molecule has 0 aliphatic carbocycles. The van der Waals surface area contributed by atoms with Crippen molar-refractivity contribution in [3.05, 3.63) is 53.6 Å². The molecule has 2 unspecified atom stereocenters. The normalized spacial score (nSPS) is 21.5.